The Morgan fingerprint density at radius 1 is 1.28 bits per heavy atom. The Morgan fingerprint density at radius 2 is 1.89 bits per heavy atom. The number of rotatable bonds is 7. The Kier molecular flexibility index (Phi) is 5.72. The first kappa shape index (κ1) is 15.1. The second kappa shape index (κ2) is 6.83. The van der Waals surface area contributed by atoms with Crippen LogP contribution in [0.15, 0.2) is 24.3 Å². The molecule has 0 heterocycles. The van der Waals surface area contributed by atoms with Crippen molar-refractivity contribution in [3.8, 4) is 0 Å². The number of hydrogen-bond acceptors (Lipinski definition) is 3. The number of halogens is 1. The van der Waals surface area contributed by atoms with Crippen LogP contribution >= 0.6 is 0 Å². The van der Waals surface area contributed by atoms with Gasteiger partial charge in [0.1, 0.15) is 5.82 Å². The van der Waals surface area contributed by atoms with E-state index in [4.69, 9.17) is 15.2 Å². The van der Waals surface area contributed by atoms with Crippen LogP contribution in [0.2, 0.25) is 0 Å². The molecule has 3 nitrogen and oxygen atoms in total. The maximum absolute atomic E-state index is 12.7. The molecule has 0 amide bonds. The van der Waals surface area contributed by atoms with Crippen LogP contribution in [0.5, 0.6) is 0 Å². The lowest BCUT2D eigenvalue weighted by Crippen LogP contribution is -2.25. The fourth-order valence-corrected chi connectivity index (χ4v) is 1.44. The molecular formula is C14H22FNO2. The topological polar surface area (TPSA) is 44.5 Å². The van der Waals surface area contributed by atoms with Crippen LogP contribution in [0.4, 0.5) is 4.39 Å². The average Bonchev–Trinajstić information content (AvgIpc) is 2.35. The number of ether oxygens (including phenoxy) is 2. The molecule has 102 valence electrons. The Labute approximate surface area is 108 Å². The summed E-state index contributed by atoms with van der Waals surface area (Å²) in [7, 11) is 1.68. The van der Waals surface area contributed by atoms with Crippen molar-refractivity contribution in [2.75, 3.05) is 20.3 Å². The molecule has 1 rings (SSSR count). The Morgan fingerprint density at radius 3 is 2.44 bits per heavy atom. The molecule has 0 aliphatic rings. The van der Waals surface area contributed by atoms with E-state index < -0.39 is 0 Å². The van der Waals surface area contributed by atoms with E-state index >= 15 is 0 Å². The molecule has 0 bridgehead atoms. The molecule has 0 aliphatic heterocycles. The quantitative estimate of drug-likeness (QED) is 0.762. The maximum atomic E-state index is 12.7. The van der Waals surface area contributed by atoms with Crippen LogP contribution in [0, 0.1) is 5.82 Å². The minimum atomic E-state index is -0.256. The zero-order valence-electron chi connectivity index (χ0n) is 11.3. The lowest BCUT2D eigenvalue weighted by molar-refractivity contribution is -0.0113. The molecule has 18 heavy (non-hydrogen) atoms. The van der Waals surface area contributed by atoms with Crippen LogP contribution in [0.3, 0.4) is 0 Å². The van der Waals surface area contributed by atoms with Crippen molar-refractivity contribution in [1.82, 2.24) is 0 Å². The van der Waals surface area contributed by atoms with Crippen molar-refractivity contribution in [1.29, 1.82) is 0 Å². The molecule has 1 aromatic rings. The van der Waals surface area contributed by atoms with Crippen molar-refractivity contribution >= 4 is 0 Å². The molecule has 0 aromatic heterocycles. The van der Waals surface area contributed by atoms with Crippen molar-refractivity contribution < 1.29 is 13.9 Å². The minimum absolute atomic E-state index is 0.181. The minimum Gasteiger partial charge on any atom is -0.379 e. The molecular weight excluding hydrogens is 233 g/mol. The smallest absolute Gasteiger partial charge is 0.123 e. The fraction of sp³-hybridized carbons (Fsp3) is 0.571. The monoisotopic (exact) mass is 255 g/mol. The van der Waals surface area contributed by atoms with Crippen LogP contribution in [0.25, 0.3) is 0 Å². The van der Waals surface area contributed by atoms with E-state index in [1.807, 2.05) is 13.8 Å². The molecule has 1 atom stereocenters. The molecule has 2 N–H and O–H groups in total. The number of benzene rings is 1. The number of hydrogen-bond donors (Lipinski definition) is 1. The van der Waals surface area contributed by atoms with E-state index in [1.165, 1.54) is 12.1 Å². The van der Waals surface area contributed by atoms with Gasteiger partial charge in [0.25, 0.3) is 0 Å². The third-order valence-electron chi connectivity index (χ3n) is 3.00. The molecule has 0 saturated carbocycles. The van der Waals surface area contributed by atoms with Gasteiger partial charge in [-0.15, -0.1) is 0 Å². The van der Waals surface area contributed by atoms with Gasteiger partial charge in [-0.05, 0) is 38.0 Å². The summed E-state index contributed by atoms with van der Waals surface area (Å²) in [5.41, 5.74) is 6.65. The zero-order valence-corrected chi connectivity index (χ0v) is 11.3. The van der Waals surface area contributed by atoms with Gasteiger partial charge in [0, 0.05) is 13.7 Å². The molecule has 1 unspecified atom stereocenters. The maximum Gasteiger partial charge on any atom is 0.123 e. The molecule has 0 spiro atoms. The van der Waals surface area contributed by atoms with E-state index in [2.05, 4.69) is 0 Å². The van der Waals surface area contributed by atoms with E-state index in [9.17, 15) is 4.39 Å². The highest BCUT2D eigenvalue weighted by atomic mass is 19.1. The summed E-state index contributed by atoms with van der Waals surface area (Å²) in [6, 6.07) is 5.95. The highest BCUT2D eigenvalue weighted by Crippen LogP contribution is 2.14. The van der Waals surface area contributed by atoms with Gasteiger partial charge in [0.2, 0.25) is 0 Å². The Balaban J connectivity index is 2.29. The Bertz CT molecular complexity index is 351. The highest BCUT2D eigenvalue weighted by Gasteiger charge is 2.16. The van der Waals surface area contributed by atoms with Crippen molar-refractivity contribution in [2.45, 2.75) is 31.9 Å². The molecule has 0 radical (unpaired) electrons. The van der Waals surface area contributed by atoms with E-state index in [1.54, 1.807) is 19.2 Å². The number of nitrogens with two attached hydrogens (primary N) is 1. The van der Waals surface area contributed by atoms with Gasteiger partial charge >= 0.3 is 0 Å². The van der Waals surface area contributed by atoms with Gasteiger partial charge in [-0.25, -0.2) is 4.39 Å². The van der Waals surface area contributed by atoms with Crippen LogP contribution in [-0.2, 0) is 9.47 Å². The van der Waals surface area contributed by atoms with Crippen LogP contribution in [-0.4, -0.2) is 25.9 Å². The van der Waals surface area contributed by atoms with Gasteiger partial charge in [-0.1, -0.05) is 12.1 Å². The van der Waals surface area contributed by atoms with Crippen LogP contribution in [0.1, 0.15) is 31.9 Å². The van der Waals surface area contributed by atoms with Gasteiger partial charge < -0.3 is 15.2 Å². The summed E-state index contributed by atoms with van der Waals surface area (Å²) < 4.78 is 23.5. The van der Waals surface area contributed by atoms with Crippen molar-refractivity contribution in [3.05, 3.63) is 35.6 Å². The molecule has 0 aliphatic carbocycles. The van der Waals surface area contributed by atoms with Crippen LogP contribution < -0.4 is 5.73 Å². The molecule has 4 heteroatoms. The normalized spacial score (nSPS) is 13.6. The third kappa shape index (κ3) is 5.12. The largest absolute Gasteiger partial charge is 0.379 e. The van der Waals surface area contributed by atoms with Crippen molar-refractivity contribution in [3.63, 3.8) is 0 Å². The third-order valence-corrected chi connectivity index (χ3v) is 3.00. The Hall–Kier alpha value is -0.970. The van der Waals surface area contributed by atoms with Gasteiger partial charge in [0.05, 0.1) is 18.2 Å². The first-order chi connectivity index (χ1) is 8.44. The number of methoxy groups -OCH3 is 1. The summed E-state index contributed by atoms with van der Waals surface area (Å²) in [6.07, 6.45) is 0.805. The van der Waals surface area contributed by atoms with Gasteiger partial charge in [-0.2, -0.15) is 0 Å². The summed E-state index contributed by atoms with van der Waals surface area (Å²) in [5.74, 6) is -0.256. The predicted octanol–water partition coefficient (Wildman–Crippen LogP) is 2.66. The second-order valence-electron chi connectivity index (χ2n) is 4.95. The molecule has 0 fully saturated rings. The predicted molar refractivity (Wildman–Crippen MR) is 69.9 cm³/mol. The van der Waals surface area contributed by atoms with Gasteiger partial charge in [-0.3, -0.25) is 0 Å². The first-order valence-electron chi connectivity index (χ1n) is 6.08. The van der Waals surface area contributed by atoms with E-state index in [0.29, 0.717) is 13.2 Å². The standard InChI is InChI=1S/C14H22FNO2/c1-14(2,17-3)8-9-18-10-13(16)11-4-6-12(15)7-5-11/h4-7,13H,8-10,16H2,1-3H3. The van der Waals surface area contributed by atoms with E-state index in [0.717, 1.165) is 12.0 Å². The summed E-state index contributed by atoms with van der Waals surface area (Å²) in [4.78, 5) is 0. The average molecular weight is 255 g/mol. The summed E-state index contributed by atoms with van der Waals surface area (Å²) in [6.45, 7) is 5.04. The lowest BCUT2D eigenvalue weighted by Gasteiger charge is -2.23. The first-order valence-corrected chi connectivity index (χ1v) is 6.08. The lowest BCUT2D eigenvalue weighted by atomic mass is 10.1. The van der Waals surface area contributed by atoms with Gasteiger partial charge in [0.15, 0.2) is 0 Å². The zero-order chi connectivity index (χ0) is 13.6. The SMILES string of the molecule is COC(C)(C)CCOCC(N)c1ccc(F)cc1. The fourth-order valence-electron chi connectivity index (χ4n) is 1.44. The summed E-state index contributed by atoms with van der Waals surface area (Å²) in [5, 5.41) is 0. The van der Waals surface area contributed by atoms with Crippen molar-refractivity contribution in [2.24, 2.45) is 5.73 Å². The highest BCUT2D eigenvalue weighted by molar-refractivity contribution is 5.19. The summed E-state index contributed by atoms with van der Waals surface area (Å²) >= 11 is 0. The molecule has 1 aromatic carbocycles. The van der Waals surface area contributed by atoms with E-state index in [-0.39, 0.29) is 17.5 Å². The second-order valence-corrected chi connectivity index (χ2v) is 4.95. The molecule has 0 saturated heterocycles.